The average Bonchev–Trinajstić information content (AvgIpc) is 3.16. The molecule has 174 valence electrons. The minimum absolute atomic E-state index is 0.0227. The van der Waals surface area contributed by atoms with Crippen LogP contribution in [0.2, 0.25) is 5.02 Å². The molecule has 1 saturated heterocycles. The third kappa shape index (κ3) is 6.32. The molecule has 2 aromatic carbocycles. The quantitative estimate of drug-likeness (QED) is 0.616. The Morgan fingerprint density at radius 1 is 1.15 bits per heavy atom. The molecule has 1 aliphatic heterocycles. The predicted molar refractivity (Wildman–Crippen MR) is 123 cm³/mol. The first-order valence-electron chi connectivity index (χ1n) is 10.5. The van der Waals surface area contributed by atoms with Crippen LogP contribution >= 0.6 is 11.6 Å². The van der Waals surface area contributed by atoms with Gasteiger partial charge in [0.15, 0.2) is 6.61 Å². The van der Waals surface area contributed by atoms with E-state index < -0.39 is 30.4 Å². The molecule has 1 atom stereocenters. The van der Waals surface area contributed by atoms with E-state index in [2.05, 4.69) is 5.32 Å². The van der Waals surface area contributed by atoms with Gasteiger partial charge >= 0.3 is 11.9 Å². The van der Waals surface area contributed by atoms with Crippen LogP contribution in [-0.2, 0) is 23.9 Å². The topological polar surface area (TPSA) is 102 Å². The minimum atomic E-state index is -0.690. The molecule has 0 unspecified atom stereocenters. The molecule has 0 radical (unpaired) electrons. The molecule has 0 aromatic heterocycles. The van der Waals surface area contributed by atoms with Gasteiger partial charge in [0.05, 0.1) is 17.6 Å². The van der Waals surface area contributed by atoms with Gasteiger partial charge in [0.1, 0.15) is 0 Å². The largest absolute Gasteiger partial charge is 0.459 e. The van der Waals surface area contributed by atoms with E-state index in [1.807, 2.05) is 6.92 Å². The Bertz CT molecular complexity index is 1070. The van der Waals surface area contributed by atoms with Crippen molar-refractivity contribution in [1.82, 2.24) is 0 Å². The summed E-state index contributed by atoms with van der Waals surface area (Å²) in [5.41, 5.74) is 2.30. The molecular weight excluding hydrogens is 448 g/mol. The number of nitrogens with zero attached hydrogens (tertiary/aromatic N) is 1. The van der Waals surface area contributed by atoms with Crippen molar-refractivity contribution in [3.63, 3.8) is 0 Å². The highest BCUT2D eigenvalue weighted by molar-refractivity contribution is 6.31. The summed E-state index contributed by atoms with van der Waals surface area (Å²) in [6, 6.07) is 11.5. The highest BCUT2D eigenvalue weighted by atomic mass is 35.5. The van der Waals surface area contributed by atoms with Crippen LogP contribution in [0.25, 0.3) is 0 Å². The lowest BCUT2D eigenvalue weighted by atomic mass is 10.1. The van der Waals surface area contributed by atoms with Crippen LogP contribution in [0.4, 0.5) is 11.4 Å². The van der Waals surface area contributed by atoms with Crippen molar-refractivity contribution in [3.8, 4) is 0 Å². The molecule has 0 saturated carbocycles. The van der Waals surface area contributed by atoms with Crippen LogP contribution < -0.4 is 10.2 Å². The SMILES string of the molecule is Cc1ccc(NC(=O)COC(=O)[C@@H]2CC(=O)N(c3ccc(C(=O)OC(C)C)cc3)C2)cc1Cl. The number of hydrogen-bond donors (Lipinski definition) is 1. The summed E-state index contributed by atoms with van der Waals surface area (Å²) in [5.74, 6) is -2.51. The molecule has 1 aliphatic rings. The number of aryl methyl sites for hydroxylation is 1. The number of nitrogens with one attached hydrogen (secondary N) is 1. The van der Waals surface area contributed by atoms with Crippen molar-refractivity contribution in [2.75, 3.05) is 23.4 Å². The predicted octanol–water partition coefficient (Wildman–Crippen LogP) is 3.75. The van der Waals surface area contributed by atoms with Gasteiger partial charge in [-0.2, -0.15) is 0 Å². The molecule has 1 heterocycles. The highest BCUT2D eigenvalue weighted by Gasteiger charge is 2.36. The molecule has 33 heavy (non-hydrogen) atoms. The van der Waals surface area contributed by atoms with Crippen LogP contribution in [0.15, 0.2) is 42.5 Å². The average molecular weight is 473 g/mol. The Labute approximate surface area is 196 Å². The van der Waals surface area contributed by atoms with E-state index in [1.165, 1.54) is 4.90 Å². The van der Waals surface area contributed by atoms with E-state index in [0.29, 0.717) is 22.0 Å². The Morgan fingerprint density at radius 3 is 2.48 bits per heavy atom. The number of benzene rings is 2. The number of rotatable bonds is 7. The summed E-state index contributed by atoms with van der Waals surface area (Å²) in [4.78, 5) is 50.3. The van der Waals surface area contributed by atoms with Crippen molar-refractivity contribution in [2.45, 2.75) is 33.3 Å². The van der Waals surface area contributed by atoms with Gasteiger partial charge in [-0.3, -0.25) is 14.4 Å². The summed E-state index contributed by atoms with van der Waals surface area (Å²) in [5, 5.41) is 3.12. The molecule has 8 nitrogen and oxygen atoms in total. The first-order valence-corrected chi connectivity index (χ1v) is 10.9. The lowest BCUT2D eigenvalue weighted by Gasteiger charge is -2.17. The van der Waals surface area contributed by atoms with Crippen molar-refractivity contribution in [2.24, 2.45) is 5.92 Å². The standard InChI is InChI=1S/C24H25ClN2O6/c1-14(2)33-24(31)16-5-8-19(9-6-16)27-12-17(10-22(27)29)23(30)32-13-21(28)26-18-7-4-15(3)20(25)11-18/h4-9,11,14,17H,10,12-13H2,1-3H3,(H,26,28)/t17-/m1/s1. The smallest absolute Gasteiger partial charge is 0.338 e. The highest BCUT2D eigenvalue weighted by Crippen LogP contribution is 2.26. The Morgan fingerprint density at radius 2 is 1.85 bits per heavy atom. The molecule has 0 aliphatic carbocycles. The van der Waals surface area contributed by atoms with E-state index in [-0.39, 0.29) is 25.0 Å². The zero-order valence-corrected chi connectivity index (χ0v) is 19.3. The number of carbonyl (C=O) groups excluding carboxylic acids is 4. The third-order valence-electron chi connectivity index (χ3n) is 5.02. The Balaban J connectivity index is 1.52. The second-order valence-corrected chi connectivity index (χ2v) is 8.43. The molecule has 2 amide bonds. The van der Waals surface area contributed by atoms with Crippen LogP contribution in [0.3, 0.4) is 0 Å². The molecular formula is C24H25ClN2O6. The normalized spacial score (nSPS) is 15.5. The number of hydrogen-bond acceptors (Lipinski definition) is 6. The molecule has 0 spiro atoms. The number of ether oxygens (including phenoxy) is 2. The summed E-state index contributed by atoms with van der Waals surface area (Å²) >= 11 is 6.04. The number of anilines is 2. The van der Waals surface area contributed by atoms with Crippen molar-refractivity contribution >= 4 is 46.7 Å². The van der Waals surface area contributed by atoms with Crippen molar-refractivity contribution < 1.29 is 28.7 Å². The molecule has 3 rings (SSSR count). The van der Waals surface area contributed by atoms with Gasteiger partial charge in [0.25, 0.3) is 5.91 Å². The second-order valence-electron chi connectivity index (χ2n) is 8.03. The van der Waals surface area contributed by atoms with E-state index in [1.54, 1.807) is 56.3 Å². The van der Waals surface area contributed by atoms with Crippen LogP contribution in [0.1, 0.15) is 36.2 Å². The van der Waals surface area contributed by atoms with Gasteiger partial charge in [-0.05, 0) is 62.7 Å². The summed E-state index contributed by atoms with van der Waals surface area (Å²) in [6.45, 7) is 5.02. The van der Waals surface area contributed by atoms with E-state index >= 15 is 0 Å². The van der Waals surface area contributed by atoms with Gasteiger partial charge < -0.3 is 19.7 Å². The maximum atomic E-state index is 12.4. The van der Waals surface area contributed by atoms with Crippen LogP contribution in [0.5, 0.6) is 0 Å². The van der Waals surface area contributed by atoms with Crippen LogP contribution in [0, 0.1) is 12.8 Å². The van der Waals surface area contributed by atoms with Gasteiger partial charge in [-0.25, -0.2) is 4.79 Å². The van der Waals surface area contributed by atoms with Gasteiger partial charge in [0, 0.05) is 29.4 Å². The first kappa shape index (κ1) is 24.3. The lowest BCUT2D eigenvalue weighted by molar-refractivity contribution is -0.151. The fraction of sp³-hybridized carbons (Fsp3) is 0.333. The van der Waals surface area contributed by atoms with Crippen LogP contribution in [-0.4, -0.2) is 43.0 Å². The zero-order valence-electron chi connectivity index (χ0n) is 18.6. The van der Waals surface area contributed by atoms with E-state index in [4.69, 9.17) is 21.1 Å². The van der Waals surface area contributed by atoms with Gasteiger partial charge in [-0.15, -0.1) is 0 Å². The molecule has 1 fully saturated rings. The fourth-order valence-corrected chi connectivity index (χ4v) is 3.48. The third-order valence-corrected chi connectivity index (χ3v) is 5.42. The second kappa shape index (κ2) is 10.5. The Kier molecular flexibility index (Phi) is 7.71. The summed E-state index contributed by atoms with van der Waals surface area (Å²) in [6.07, 6.45) is -0.258. The number of amides is 2. The first-order chi connectivity index (χ1) is 15.6. The maximum absolute atomic E-state index is 12.4. The van der Waals surface area contributed by atoms with E-state index in [0.717, 1.165) is 5.56 Å². The maximum Gasteiger partial charge on any atom is 0.338 e. The summed E-state index contributed by atoms with van der Waals surface area (Å²) < 4.78 is 10.3. The molecule has 9 heteroatoms. The van der Waals surface area contributed by atoms with Crippen molar-refractivity contribution in [1.29, 1.82) is 0 Å². The van der Waals surface area contributed by atoms with Gasteiger partial charge in [-0.1, -0.05) is 17.7 Å². The number of halogens is 1. The lowest BCUT2D eigenvalue weighted by Crippen LogP contribution is -2.28. The van der Waals surface area contributed by atoms with E-state index in [9.17, 15) is 19.2 Å². The number of carbonyl (C=O) groups is 4. The van der Waals surface area contributed by atoms with Gasteiger partial charge in [0.2, 0.25) is 5.91 Å². The van der Waals surface area contributed by atoms with Crippen molar-refractivity contribution in [3.05, 3.63) is 58.6 Å². The molecule has 0 bridgehead atoms. The zero-order chi connectivity index (χ0) is 24.1. The molecule has 2 aromatic rings. The monoisotopic (exact) mass is 472 g/mol. The number of esters is 2. The minimum Gasteiger partial charge on any atom is -0.459 e. The summed E-state index contributed by atoms with van der Waals surface area (Å²) in [7, 11) is 0. The fourth-order valence-electron chi connectivity index (χ4n) is 3.30. The molecule has 1 N–H and O–H groups in total. The Hall–Kier alpha value is -3.39.